The van der Waals surface area contributed by atoms with Gasteiger partial charge in [0, 0.05) is 4.47 Å². The van der Waals surface area contributed by atoms with Crippen molar-refractivity contribution in [3.63, 3.8) is 0 Å². The molecule has 1 fully saturated rings. The summed E-state index contributed by atoms with van der Waals surface area (Å²) < 4.78 is 28.9. The summed E-state index contributed by atoms with van der Waals surface area (Å²) >= 11 is 9.86. The van der Waals surface area contributed by atoms with Gasteiger partial charge in [-0.3, -0.25) is 0 Å². The quantitative estimate of drug-likeness (QED) is 0.784. The molecule has 1 saturated heterocycles. The summed E-state index contributed by atoms with van der Waals surface area (Å²) in [5.41, 5.74) is 0.916. The third kappa shape index (κ3) is 3.00. The van der Waals surface area contributed by atoms with Gasteiger partial charge in [-0.15, -0.1) is 11.6 Å². The maximum atomic E-state index is 11.5. The van der Waals surface area contributed by atoms with Crippen LogP contribution >= 0.6 is 27.5 Å². The highest BCUT2D eigenvalue weighted by Crippen LogP contribution is 2.40. The molecule has 0 spiro atoms. The Morgan fingerprint density at radius 2 is 2.22 bits per heavy atom. The van der Waals surface area contributed by atoms with Gasteiger partial charge in [-0.05, 0) is 30.0 Å². The number of alkyl halides is 1. The molecular formula is C12H14BrClO3S. The van der Waals surface area contributed by atoms with Gasteiger partial charge in [-0.25, -0.2) is 8.42 Å². The molecule has 1 aliphatic rings. The average molecular weight is 354 g/mol. The Balaban J connectivity index is 2.21. The number of methoxy groups -OCH3 is 1. The maximum absolute atomic E-state index is 11.5. The van der Waals surface area contributed by atoms with Crippen LogP contribution in [0.25, 0.3) is 0 Å². The Hall–Kier alpha value is -0.260. The van der Waals surface area contributed by atoms with E-state index >= 15 is 0 Å². The summed E-state index contributed by atoms with van der Waals surface area (Å²) in [6.45, 7) is 0. The van der Waals surface area contributed by atoms with Crippen molar-refractivity contribution in [2.24, 2.45) is 5.92 Å². The molecule has 1 aromatic rings. The van der Waals surface area contributed by atoms with E-state index in [1.165, 1.54) is 0 Å². The van der Waals surface area contributed by atoms with Crippen molar-refractivity contribution in [1.29, 1.82) is 0 Å². The lowest BCUT2D eigenvalue weighted by atomic mass is 9.98. The van der Waals surface area contributed by atoms with Crippen LogP contribution in [0.1, 0.15) is 17.4 Å². The molecule has 0 aliphatic carbocycles. The highest BCUT2D eigenvalue weighted by atomic mass is 79.9. The van der Waals surface area contributed by atoms with Gasteiger partial charge in [0.25, 0.3) is 0 Å². The number of rotatable bonds is 3. The second-order valence-electron chi connectivity index (χ2n) is 4.45. The maximum Gasteiger partial charge on any atom is 0.150 e. The molecule has 1 heterocycles. The Bertz CT molecular complexity index is 544. The summed E-state index contributed by atoms with van der Waals surface area (Å²) in [6.07, 6.45) is 0.634. The van der Waals surface area contributed by atoms with E-state index in [9.17, 15) is 8.42 Å². The molecule has 0 amide bonds. The molecule has 100 valence electrons. The van der Waals surface area contributed by atoms with Crippen LogP contribution in [0.5, 0.6) is 5.75 Å². The monoisotopic (exact) mass is 352 g/mol. The first kappa shape index (κ1) is 14.2. The fraction of sp³-hybridized carbons (Fsp3) is 0.500. The topological polar surface area (TPSA) is 43.4 Å². The van der Waals surface area contributed by atoms with E-state index in [-0.39, 0.29) is 22.8 Å². The summed E-state index contributed by atoms with van der Waals surface area (Å²) in [5.74, 6) is 1.16. The molecule has 3 nitrogen and oxygen atoms in total. The fourth-order valence-electron chi connectivity index (χ4n) is 2.17. The van der Waals surface area contributed by atoms with Crippen molar-refractivity contribution in [1.82, 2.24) is 0 Å². The molecule has 6 heteroatoms. The van der Waals surface area contributed by atoms with Crippen molar-refractivity contribution in [2.75, 3.05) is 18.6 Å². The number of ether oxygens (including phenoxy) is 1. The van der Waals surface area contributed by atoms with Crippen molar-refractivity contribution in [3.8, 4) is 5.75 Å². The minimum Gasteiger partial charge on any atom is -0.497 e. The summed E-state index contributed by atoms with van der Waals surface area (Å²) in [4.78, 5) is 0. The number of sulfone groups is 1. The smallest absolute Gasteiger partial charge is 0.150 e. The molecule has 1 aliphatic heterocycles. The van der Waals surface area contributed by atoms with Crippen LogP contribution in [-0.4, -0.2) is 27.0 Å². The van der Waals surface area contributed by atoms with E-state index in [0.717, 1.165) is 15.8 Å². The molecule has 0 N–H and O–H groups in total. The van der Waals surface area contributed by atoms with Gasteiger partial charge in [0.05, 0.1) is 24.0 Å². The molecule has 2 unspecified atom stereocenters. The molecule has 2 rings (SSSR count). The lowest BCUT2D eigenvalue weighted by Crippen LogP contribution is -2.10. The molecule has 0 bridgehead atoms. The van der Waals surface area contributed by atoms with Crippen LogP contribution in [0.4, 0.5) is 0 Å². The second-order valence-corrected chi connectivity index (χ2v) is 8.01. The fourth-order valence-corrected chi connectivity index (χ4v) is 5.25. The summed E-state index contributed by atoms with van der Waals surface area (Å²) in [6, 6.07) is 5.55. The van der Waals surface area contributed by atoms with Crippen LogP contribution in [0.15, 0.2) is 22.7 Å². The van der Waals surface area contributed by atoms with E-state index in [0.29, 0.717) is 6.42 Å². The predicted molar refractivity (Wildman–Crippen MR) is 76.0 cm³/mol. The Morgan fingerprint density at radius 1 is 1.50 bits per heavy atom. The van der Waals surface area contributed by atoms with Crippen LogP contribution in [0.2, 0.25) is 0 Å². The van der Waals surface area contributed by atoms with E-state index < -0.39 is 9.84 Å². The van der Waals surface area contributed by atoms with Crippen LogP contribution in [-0.2, 0) is 9.84 Å². The largest absolute Gasteiger partial charge is 0.497 e. The Labute approximate surface area is 121 Å². The number of hydrogen-bond donors (Lipinski definition) is 0. The molecule has 1 aromatic carbocycles. The normalized spacial score (nSPS) is 23.8. The van der Waals surface area contributed by atoms with E-state index in [1.54, 1.807) is 7.11 Å². The Kier molecular flexibility index (Phi) is 4.24. The van der Waals surface area contributed by atoms with Gasteiger partial charge in [-0.2, -0.15) is 0 Å². The lowest BCUT2D eigenvalue weighted by Gasteiger charge is -2.18. The summed E-state index contributed by atoms with van der Waals surface area (Å²) in [5, 5.41) is -0.289. The van der Waals surface area contributed by atoms with Gasteiger partial charge in [0.15, 0.2) is 9.84 Å². The van der Waals surface area contributed by atoms with Crippen molar-refractivity contribution in [2.45, 2.75) is 11.8 Å². The van der Waals surface area contributed by atoms with Gasteiger partial charge in [-0.1, -0.05) is 22.0 Å². The lowest BCUT2D eigenvalue weighted by molar-refractivity contribution is 0.414. The summed E-state index contributed by atoms with van der Waals surface area (Å²) in [7, 11) is -1.30. The standard InChI is InChI=1S/C12H14BrClO3S/c1-17-9-2-3-10(11(13)6-9)12(14)8-4-5-18(15,16)7-8/h2-3,6,8,12H,4-5,7H2,1H3. The first-order chi connectivity index (χ1) is 8.43. The van der Waals surface area contributed by atoms with E-state index in [1.807, 2.05) is 18.2 Å². The highest BCUT2D eigenvalue weighted by Gasteiger charge is 2.34. The zero-order valence-electron chi connectivity index (χ0n) is 9.90. The van der Waals surface area contributed by atoms with Crippen LogP contribution in [0, 0.1) is 5.92 Å². The van der Waals surface area contributed by atoms with E-state index in [2.05, 4.69) is 15.9 Å². The molecule has 18 heavy (non-hydrogen) atoms. The second kappa shape index (κ2) is 5.39. The zero-order chi connectivity index (χ0) is 13.3. The molecule has 2 atom stereocenters. The van der Waals surface area contributed by atoms with Crippen molar-refractivity contribution < 1.29 is 13.2 Å². The Morgan fingerprint density at radius 3 is 2.72 bits per heavy atom. The van der Waals surface area contributed by atoms with Crippen molar-refractivity contribution >= 4 is 37.4 Å². The van der Waals surface area contributed by atoms with Crippen molar-refractivity contribution in [3.05, 3.63) is 28.2 Å². The van der Waals surface area contributed by atoms with Gasteiger partial charge in [0.2, 0.25) is 0 Å². The SMILES string of the molecule is COc1ccc(C(Cl)C2CCS(=O)(=O)C2)c(Br)c1. The number of hydrogen-bond acceptors (Lipinski definition) is 3. The number of halogens is 2. The molecule has 0 radical (unpaired) electrons. The van der Waals surface area contributed by atoms with E-state index in [4.69, 9.17) is 16.3 Å². The van der Waals surface area contributed by atoms with Crippen LogP contribution < -0.4 is 4.74 Å². The molecular weight excluding hydrogens is 340 g/mol. The first-order valence-electron chi connectivity index (χ1n) is 5.61. The molecule has 0 saturated carbocycles. The average Bonchev–Trinajstić information content (AvgIpc) is 2.68. The first-order valence-corrected chi connectivity index (χ1v) is 8.66. The third-order valence-corrected chi connectivity index (χ3v) is 6.26. The number of benzene rings is 1. The third-order valence-electron chi connectivity index (χ3n) is 3.19. The minimum absolute atomic E-state index is 0.0126. The van der Waals surface area contributed by atoms with Crippen LogP contribution in [0.3, 0.4) is 0 Å². The molecule has 0 aromatic heterocycles. The highest BCUT2D eigenvalue weighted by molar-refractivity contribution is 9.10. The minimum atomic E-state index is -2.90. The zero-order valence-corrected chi connectivity index (χ0v) is 13.1. The van der Waals surface area contributed by atoms with Gasteiger partial charge in [0.1, 0.15) is 5.75 Å². The van der Waals surface area contributed by atoms with Gasteiger partial charge < -0.3 is 4.74 Å². The van der Waals surface area contributed by atoms with Gasteiger partial charge >= 0.3 is 0 Å². The predicted octanol–water partition coefficient (Wildman–Crippen LogP) is 3.17.